The van der Waals surface area contributed by atoms with Crippen molar-refractivity contribution in [3.8, 4) is 0 Å². The molecule has 0 bridgehead atoms. The second kappa shape index (κ2) is 5.68. The number of ether oxygens (including phenoxy) is 1. The minimum Gasteiger partial charge on any atom is -0.465 e. The second-order valence-corrected chi connectivity index (χ2v) is 5.69. The molecule has 16 heavy (non-hydrogen) atoms. The number of carbonyl (C=O) groups is 1. The monoisotopic (exact) mass is 246 g/mol. The average Bonchev–Trinajstić information content (AvgIpc) is 2.24. The van der Waals surface area contributed by atoms with E-state index in [0.717, 1.165) is 23.4 Å². The Morgan fingerprint density at radius 1 is 1.62 bits per heavy atom. The zero-order valence-corrected chi connectivity index (χ0v) is 10.1. The first-order chi connectivity index (χ1) is 7.82. The second-order valence-electron chi connectivity index (χ2n) is 3.75. The minimum absolute atomic E-state index is 0.215. The van der Waals surface area contributed by atoms with Crippen molar-refractivity contribution in [1.29, 1.82) is 0 Å². The molecule has 0 spiro atoms. The molecule has 5 nitrogen and oxygen atoms in total. The van der Waals surface area contributed by atoms with Crippen molar-refractivity contribution in [3.05, 3.63) is 0 Å². The van der Waals surface area contributed by atoms with Crippen molar-refractivity contribution in [1.82, 2.24) is 4.31 Å². The molecule has 1 saturated heterocycles. The molecule has 0 amide bonds. The Hall–Kier alpha value is -0.555. The SMILES string of the molecule is [2H]C([B])COC(=O)C1CCCCN1S(C)(=O)=O. The van der Waals surface area contributed by atoms with E-state index < -0.39 is 28.3 Å². The van der Waals surface area contributed by atoms with Gasteiger partial charge in [0.25, 0.3) is 0 Å². The first-order valence-electron chi connectivity index (χ1n) is 5.71. The Morgan fingerprint density at radius 2 is 2.31 bits per heavy atom. The fourth-order valence-electron chi connectivity index (χ4n) is 1.76. The molecule has 0 saturated carbocycles. The zero-order chi connectivity index (χ0) is 13.1. The molecule has 1 fully saturated rings. The van der Waals surface area contributed by atoms with Gasteiger partial charge in [-0.2, -0.15) is 4.31 Å². The van der Waals surface area contributed by atoms with Crippen molar-refractivity contribution < 1.29 is 19.3 Å². The average molecular weight is 246 g/mol. The van der Waals surface area contributed by atoms with Gasteiger partial charge in [0, 0.05) is 7.92 Å². The van der Waals surface area contributed by atoms with Crippen LogP contribution in [0.1, 0.15) is 20.6 Å². The number of esters is 1. The highest BCUT2D eigenvalue weighted by molar-refractivity contribution is 7.88. The fraction of sp³-hybridized carbons (Fsp3) is 0.889. The lowest BCUT2D eigenvalue weighted by atomic mass is 10.0. The van der Waals surface area contributed by atoms with Crippen LogP contribution in [0.15, 0.2) is 0 Å². The summed E-state index contributed by atoms with van der Waals surface area (Å²) in [6.07, 6.45) is 2.08. The van der Waals surface area contributed by atoms with E-state index in [1.807, 2.05) is 0 Å². The third-order valence-electron chi connectivity index (χ3n) is 2.47. The molecule has 0 N–H and O–H groups in total. The number of rotatable bonds is 4. The molecule has 1 rings (SSSR count). The van der Waals surface area contributed by atoms with Crippen LogP contribution in [0.5, 0.6) is 0 Å². The van der Waals surface area contributed by atoms with Gasteiger partial charge in [-0.1, -0.05) is 6.30 Å². The molecule has 1 aliphatic heterocycles. The van der Waals surface area contributed by atoms with Crippen LogP contribution in [-0.2, 0) is 19.6 Å². The molecule has 1 heterocycles. The van der Waals surface area contributed by atoms with Crippen LogP contribution in [0.3, 0.4) is 0 Å². The Bertz CT molecular complexity index is 373. The smallest absolute Gasteiger partial charge is 0.324 e. The lowest BCUT2D eigenvalue weighted by Crippen LogP contribution is -2.48. The molecule has 90 valence electrons. The molecule has 2 atom stereocenters. The van der Waals surface area contributed by atoms with Gasteiger partial charge in [-0.25, -0.2) is 8.42 Å². The topological polar surface area (TPSA) is 63.7 Å². The van der Waals surface area contributed by atoms with Gasteiger partial charge in [0.1, 0.15) is 6.04 Å². The molecule has 0 aliphatic carbocycles. The van der Waals surface area contributed by atoms with Gasteiger partial charge in [0.05, 0.1) is 20.7 Å². The maximum absolute atomic E-state index is 11.7. The van der Waals surface area contributed by atoms with E-state index in [9.17, 15) is 13.2 Å². The van der Waals surface area contributed by atoms with Crippen molar-refractivity contribution in [2.45, 2.75) is 31.6 Å². The van der Waals surface area contributed by atoms with E-state index in [1.54, 1.807) is 0 Å². The Balaban J connectivity index is 2.68. The van der Waals surface area contributed by atoms with Gasteiger partial charge in [-0.3, -0.25) is 4.79 Å². The van der Waals surface area contributed by atoms with Crippen LogP contribution in [0.25, 0.3) is 0 Å². The number of carbonyl (C=O) groups excluding carboxylic acids is 1. The Labute approximate surface area is 99.0 Å². The lowest BCUT2D eigenvalue weighted by Gasteiger charge is -2.31. The summed E-state index contributed by atoms with van der Waals surface area (Å²) < 4.78 is 36.0. The lowest BCUT2D eigenvalue weighted by molar-refractivity contribution is -0.148. The fourth-order valence-corrected chi connectivity index (χ4v) is 2.88. The quantitative estimate of drug-likeness (QED) is 0.514. The van der Waals surface area contributed by atoms with Crippen LogP contribution < -0.4 is 0 Å². The Kier molecular flexibility index (Phi) is 4.23. The van der Waals surface area contributed by atoms with E-state index in [1.165, 1.54) is 0 Å². The molecule has 2 unspecified atom stereocenters. The summed E-state index contributed by atoms with van der Waals surface area (Å²) in [6.45, 7) is 0.123. The highest BCUT2D eigenvalue weighted by Crippen LogP contribution is 2.20. The van der Waals surface area contributed by atoms with Gasteiger partial charge >= 0.3 is 5.97 Å². The molecule has 0 aromatic carbocycles. The maximum Gasteiger partial charge on any atom is 0.324 e. The van der Waals surface area contributed by atoms with Crippen LogP contribution in [0.2, 0.25) is 6.30 Å². The van der Waals surface area contributed by atoms with Crippen molar-refractivity contribution >= 4 is 23.8 Å². The summed E-state index contributed by atoms with van der Waals surface area (Å²) >= 11 is 0. The van der Waals surface area contributed by atoms with E-state index in [2.05, 4.69) is 0 Å². The predicted octanol–water partition coefficient (Wildman–Crippen LogP) is -0.0695. The summed E-state index contributed by atoms with van der Waals surface area (Å²) in [7, 11) is 1.74. The van der Waals surface area contributed by atoms with Gasteiger partial charge in [0.2, 0.25) is 10.0 Å². The van der Waals surface area contributed by atoms with Crippen LogP contribution in [0, 0.1) is 0 Å². The van der Waals surface area contributed by atoms with Crippen molar-refractivity contribution in [2.24, 2.45) is 0 Å². The number of piperidine rings is 1. The number of hydrogen-bond acceptors (Lipinski definition) is 4. The first-order valence-corrected chi connectivity index (χ1v) is 6.98. The number of hydrogen-bond donors (Lipinski definition) is 0. The third kappa shape index (κ3) is 3.48. The molecule has 0 aromatic heterocycles. The normalized spacial score (nSPS) is 25.8. The molecular weight excluding hydrogens is 229 g/mol. The number of sulfonamides is 1. The Morgan fingerprint density at radius 3 is 2.88 bits per heavy atom. The molecular formula is C9H16BNO4S. The molecule has 1 aliphatic rings. The van der Waals surface area contributed by atoms with Crippen LogP contribution in [-0.4, -0.2) is 52.0 Å². The van der Waals surface area contributed by atoms with E-state index in [-0.39, 0.29) is 6.61 Å². The molecule has 0 aromatic rings. The van der Waals surface area contributed by atoms with E-state index >= 15 is 0 Å². The molecule has 7 heteroatoms. The van der Waals surface area contributed by atoms with Crippen LogP contribution >= 0.6 is 0 Å². The van der Waals surface area contributed by atoms with Gasteiger partial charge < -0.3 is 4.74 Å². The van der Waals surface area contributed by atoms with E-state index in [4.69, 9.17) is 14.0 Å². The summed E-state index contributed by atoms with van der Waals surface area (Å²) in [4.78, 5) is 11.7. The predicted molar refractivity (Wildman–Crippen MR) is 60.7 cm³/mol. The maximum atomic E-state index is 11.7. The highest BCUT2D eigenvalue weighted by Gasteiger charge is 2.35. The highest BCUT2D eigenvalue weighted by atomic mass is 32.2. The minimum atomic E-state index is -3.40. The van der Waals surface area contributed by atoms with Gasteiger partial charge in [-0.15, -0.1) is 0 Å². The van der Waals surface area contributed by atoms with Crippen LogP contribution in [0.4, 0.5) is 0 Å². The summed E-state index contributed by atoms with van der Waals surface area (Å²) in [5, 5.41) is 0. The summed E-state index contributed by atoms with van der Waals surface area (Å²) in [5.41, 5.74) is 0. The zero-order valence-electron chi connectivity index (χ0n) is 10.3. The third-order valence-corrected chi connectivity index (χ3v) is 3.76. The van der Waals surface area contributed by atoms with E-state index in [0.29, 0.717) is 13.0 Å². The molecule has 2 radical (unpaired) electrons. The summed E-state index contributed by atoms with van der Waals surface area (Å²) in [6, 6.07) is -0.766. The largest absolute Gasteiger partial charge is 0.465 e. The van der Waals surface area contributed by atoms with Gasteiger partial charge in [-0.05, 0) is 19.3 Å². The first kappa shape index (κ1) is 11.9. The summed E-state index contributed by atoms with van der Waals surface area (Å²) in [5.74, 6) is -0.613. The van der Waals surface area contributed by atoms with Gasteiger partial charge in [0.15, 0.2) is 0 Å². The number of nitrogens with zero attached hydrogens (tertiary/aromatic N) is 1. The standard InChI is InChI=1S/C9H16BNO4S/c1-16(13,14)11-6-3-2-4-8(11)9(12)15-7-5-10/h8H,2-7H2,1H3/i5D. The van der Waals surface area contributed by atoms with Crippen molar-refractivity contribution in [3.63, 3.8) is 0 Å². The van der Waals surface area contributed by atoms with Crippen molar-refractivity contribution in [2.75, 3.05) is 19.4 Å².